The molecule has 0 saturated heterocycles. The quantitative estimate of drug-likeness (QED) is 0.0548. The fourth-order valence-corrected chi connectivity index (χ4v) is 7.85. The average molecular weight is 907 g/mol. The SMILES string of the molecule is O=C(O)CCCCCCCCCCCCCCCOc1ccc(S(=O)(=O)Cc2ccc(C(=O)NCCOCCOCC(=O)NCCOCCOCC(=O)O)cn2)c(Cl)c1Cl. The van der Waals surface area contributed by atoms with E-state index in [0.717, 1.165) is 44.9 Å². The molecule has 19 heteroatoms. The zero-order valence-electron chi connectivity index (χ0n) is 34.3. The molecule has 1 aromatic heterocycles. The van der Waals surface area contributed by atoms with Gasteiger partial charge in [-0.3, -0.25) is 19.4 Å². The summed E-state index contributed by atoms with van der Waals surface area (Å²) in [5.74, 6) is -2.67. The number of carboxylic acids is 2. The van der Waals surface area contributed by atoms with Crippen LogP contribution in [0, 0.1) is 0 Å². The summed E-state index contributed by atoms with van der Waals surface area (Å²) in [5, 5.41) is 22.3. The summed E-state index contributed by atoms with van der Waals surface area (Å²) in [6.45, 7) is 1.46. The number of carboxylic acid groups (broad SMARTS) is 2. The average Bonchev–Trinajstić information content (AvgIpc) is 3.20. The third kappa shape index (κ3) is 24.6. The molecule has 0 saturated carbocycles. The monoisotopic (exact) mass is 905 g/mol. The normalized spacial score (nSPS) is 11.4. The third-order valence-electron chi connectivity index (χ3n) is 8.87. The minimum absolute atomic E-state index is 0.0248. The minimum atomic E-state index is -3.94. The Morgan fingerprint density at radius 2 is 1.15 bits per heavy atom. The number of carbonyl (C=O) groups excluding carboxylic acids is 2. The highest BCUT2D eigenvalue weighted by atomic mass is 35.5. The van der Waals surface area contributed by atoms with Gasteiger partial charge >= 0.3 is 11.9 Å². The van der Waals surface area contributed by atoms with Gasteiger partial charge in [0, 0.05) is 25.7 Å². The van der Waals surface area contributed by atoms with Crippen molar-refractivity contribution in [3.63, 3.8) is 0 Å². The number of ether oxygens (including phenoxy) is 5. The van der Waals surface area contributed by atoms with E-state index in [4.69, 9.17) is 57.1 Å². The summed E-state index contributed by atoms with van der Waals surface area (Å²) < 4.78 is 53.0. The number of aromatic nitrogens is 1. The van der Waals surface area contributed by atoms with E-state index in [1.54, 1.807) is 0 Å². The van der Waals surface area contributed by atoms with E-state index < -0.39 is 40.0 Å². The van der Waals surface area contributed by atoms with Crippen molar-refractivity contribution in [2.75, 3.05) is 72.6 Å². The maximum Gasteiger partial charge on any atom is 0.329 e. The lowest BCUT2D eigenvalue weighted by molar-refractivity contribution is -0.143. The number of sulfone groups is 1. The van der Waals surface area contributed by atoms with Crippen molar-refractivity contribution in [2.45, 2.75) is 101 Å². The van der Waals surface area contributed by atoms with Crippen molar-refractivity contribution < 1.29 is 61.5 Å². The predicted molar refractivity (Wildman–Crippen MR) is 226 cm³/mol. The number of nitrogens with one attached hydrogen (secondary N) is 2. The van der Waals surface area contributed by atoms with Crippen LogP contribution in [0.1, 0.15) is 106 Å². The molecule has 2 amide bonds. The van der Waals surface area contributed by atoms with Crippen LogP contribution in [0.3, 0.4) is 0 Å². The van der Waals surface area contributed by atoms with Crippen molar-refractivity contribution in [3.8, 4) is 5.75 Å². The smallest absolute Gasteiger partial charge is 0.329 e. The molecule has 2 rings (SSSR count). The fourth-order valence-electron chi connectivity index (χ4n) is 5.70. The van der Waals surface area contributed by atoms with E-state index in [1.165, 1.54) is 69.0 Å². The first-order valence-electron chi connectivity index (χ1n) is 20.5. The van der Waals surface area contributed by atoms with E-state index in [-0.39, 0.29) is 97.9 Å². The van der Waals surface area contributed by atoms with Crippen LogP contribution in [0.15, 0.2) is 35.4 Å². The molecule has 0 aliphatic carbocycles. The molecule has 2 aromatic rings. The number of pyridine rings is 1. The molecule has 0 aliphatic heterocycles. The summed E-state index contributed by atoms with van der Waals surface area (Å²) in [6, 6.07) is 5.80. The number of aliphatic carboxylic acids is 2. The minimum Gasteiger partial charge on any atom is -0.492 e. The zero-order valence-corrected chi connectivity index (χ0v) is 36.6. The molecule has 338 valence electrons. The topological polar surface area (TPSA) is 226 Å². The Labute approximate surface area is 363 Å². The lowest BCUT2D eigenvalue weighted by atomic mass is 10.0. The van der Waals surface area contributed by atoms with Crippen LogP contribution in [0.5, 0.6) is 5.75 Å². The van der Waals surface area contributed by atoms with Crippen LogP contribution in [0.25, 0.3) is 0 Å². The molecular weight excluding hydrogens is 845 g/mol. The van der Waals surface area contributed by atoms with Crippen LogP contribution in [-0.4, -0.2) is 120 Å². The molecule has 0 fully saturated rings. The molecule has 0 aliphatic rings. The standard InChI is InChI=1S/C41H61Cl2N3O13S/c42-39-34(59-21-13-11-9-7-5-3-1-2-4-6-8-10-12-14-37(48)49)17-18-35(40(39)43)60(53,54)31-33-16-15-32(28-46-33)41(52)45-20-23-56-24-26-57-29-36(47)44-19-22-55-25-27-58-30-38(50)51/h15-18,28H,1-14,19-27,29-31H2,(H,44,47)(H,45,52)(H,48,49)(H,50,51). The van der Waals surface area contributed by atoms with Gasteiger partial charge < -0.3 is 44.5 Å². The van der Waals surface area contributed by atoms with Crippen LogP contribution in [-0.2, 0) is 48.9 Å². The lowest BCUT2D eigenvalue weighted by Crippen LogP contribution is -2.31. The Morgan fingerprint density at radius 3 is 1.72 bits per heavy atom. The maximum absolute atomic E-state index is 13.3. The first-order valence-corrected chi connectivity index (χ1v) is 22.9. The molecule has 0 atom stereocenters. The fraction of sp³-hybridized carbons (Fsp3) is 0.634. The molecule has 0 bridgehead atoms. The van der Waals surface area contributed by atoms with Gasteiger partial charge in [-0.2, -0.15) is 0 Å². The van der Waals surface area contributed by atoms with Crippen molar-refractivity contribution in [1.29, 1.82) is 0 Å². The van der Waals surface area contributed by atoms with Crippen molar-refractivity contribution in [3.05, 3.63) is 51.8 Å². The predicted octanol–water partition coefficient (Wildman–Crippen LogP) is 6.28. The largest absolute Gasteiger partial charge is 0.492 e. The van der Waals surface area contributed by atoms with E-state index in [1.807, 2.05) is 0 Å². The second-order valence-corrected chi connectivity index (χ2v) is 16.6. The molecule has 0 unspecified atom stereocenters. The Morgan fingerprint density at radius 1 is 0.600 bits per heavy atom. The van der Waals surface area contributed by atoms with E-state index in [9.17, 15) is 27.6 Å². The highest BCUT2D eigenvalue weighted by molar-refractivity contribution is 7.90. The Bertz CT molecular complexity index is 1670. The number of unbranched alkanes of at least 4 members (excludes halogenated alkanes) is 12. The summed E-state index contributed by atoms with van der Waals surface area (Å²) in [6.07, 6.45) is 15.8. The molecular formula is C41H61Cl2N3O13S. The highest BCUT2D eigenvalue weighted by Crippen LogP contribution is 2.38. The van der Waals surface area contributed by atoms with Gasteiger partial charge in [-0.15, -0.1) is 0 Å². The molecule has 4 N–H and O–H groups in total. The van der Waals surface area contributed by atoms with Crippen LogP contribution in [0.2, 0.25) is 10.0 Å². The molecule has 0 spiro atoms. The summed E-state index contributed by atoms with van der Waals surface area (Å²) >= 11 is 12.8. The maximum atomic E-state index is 13.3. The third-order valence-corrected chi connectivity index (χ3v) is 11.5. The van der Waals surface area contributed by atoms with Crippen LogP contribution < -0.4 is 15.4 Å². The van der Waals surface area contributed by atoms with Crippen molar-refractivity contribution in [1.82, 2.24) is 15.6 Å². The van der Waals surface area contributed by atoms with E-state index in [0.29, 0.717) is 12.4 Å². The van der Waals surface area contributed by atoms with Crippen molar-refractivity contribution in [2.24, 2.45) is 0 Å². The van der Waals surface area contributed by atoms with Gasteiger partial charge in [-0.1, -0.05) is 93.8 Å². The summed E-state index contributed by atoms with van der Waals surface area (Å²) in [5.41, 5.74) is 0.446. The first-order chi connectivity index (χ1) is 28.9. The zero-order chi connectivity index (χ0) is 43.9. The number of halogens is 2. The van der Waals surface area contributed by atoms with Gasteiger partial charge in [-0.25, -0.2) is 13.2 Å². The van der Waals surface area contributed by atoms with Crippen LogP contribution >= 0.6 is 23.2 Å². The van der Waals surface area contributed by atoms with Gasteiger partial charge in [0.05, 0.1) is 73.2 Å². The van der Waals surface area contributed by atoms with Gasteiger partial charge in [0.25, 0.3) is 5.91 Å². The molecule has 1 aromatic carbocycles. The second kappa shape index (κ2) is 32.2. The molecule has 0 radical (unpaired) electrons. The van der Waals surface area contributed by atoms with Crippen molar-refractivity contribution >= 4 is 56.8 Å². The van der Waals surface area contributed by atoms with Gasteiger partial charge in [0.2, 0.25) is 5.91 Å². The van der Waals surface area contributed by atoms with E-state index >= 15 is 0 Å². The molecule has 1 heterocycles. The first kappa shape index (κ1) is 52.6. The number of nitrogens with zero attached hydrogens (tertiary/aromatic N) is 1. The number of rotatable bonds is 37. The Balaban J connectivity index is 1.56. The summed E-state index contributed by atoms with van der Waals surface area (Å²) in [4.78, 5) is 49.2. The van der Waals surface area contributed by atoms with Gasteiger partial charge in [0.1, 0.15) is 24.0 Å². The number of hydrogen-bond donors (Lipinski definition) is 4. The van der Waals surface area contributed by atoms with E-state index in [2.05, 4.69) is 15.6 Å². The second-order valence-electron chi connectivity index (χ2n) is 13.9. The molecule has 60 heavy (non-hydrogen) atoms. The lowest BCUT2D eigenvalue weighted by Gasteiger charge is -2.13. The van der Waals surface area contributed by atoms with Gasteiger partial charge in [-0.05, 0) is 37.1 Å². The van der Waals surface area contributed by atoms with Crippen LogP contribution in [0.4, 0.5) is 0 Å². The Kier molecular flexibility index (Phi) is 28.2. The Hall–Kier alpha value is -3.58. The number of carbonyl (C=O) groups is 4. The number of amides is 2. The summed E-state index contributed by atoms with van der Waals surface area (Å²) in [7, 11) is -3.94. The number of benzene rings is 1. The molecule has 16 nitrogen and oxygen atoms in total. The van der Waals surface area contributed by atoms with Gasteiger partial charge in [0.15, 0.2) is 9.84 Å². The highest BCUT2D eigenvalue weighted by Gasteiger charge is 2.23. The number of hydrogen-bond acceptors (Lipinski definition) is 12.